The lowest BCUT2D eigenvalue weighted by Crippen LogP contribution is -2.35. The number of halogens is 1. The zero-order chi connectivity index (χ0) is 20.3. The van der Waals surface area contributed by atoms with Crippen molar-refractivity contribution in [3.63, 3.8) is 0 Å². The lowest BCUT2D eigenvalue weighted by Gasteiger charge is -2.22. The van der Waals surface area contributed by atoms with Crippen LogP contribution in [0.2, 0.25) is 0 Å². The third kappa shape index (κ3) is 3.48. The van der Waals surface area contributed by atoms with Gasteiger partial charge in [0, 0.05) is 19.3 Å². The van der Waals surface area contributed by atoms with Crippen molar-refractivity contribution in [1.29, 1.82) is 0 Å². The molecule has 0 unspecified atom stereocenters. The fraction of sp³-hybridized carbons (Fsp3) is 0.200. The Balaban J connectivity index is 2.01. The zero-order valence-electron chi connectivity index (χ0n) is 15.4. The van der Waals surface area contributed by atoms with Gasteiger partial charge in [0.25, 0.3) is 5.91 Å². The number of likely N-dealkylation sites (N-methyl/N-ethyl adjacent to an activating group) is 1. The highest BCUT2D eigenvalue weighted by molar-refractivity contribution is 6.32. The van der Waals surface area contributed by atoms with Crippen LogP contribution in [0.1, 0.15) is 24.3 Å². The van der Waals surface area contributed by atoms with Crippen LogP contribution in [0.15, 0.2) is 60.1 Å². The summed E-state index contributed by atoms with van der Waals surface area (Å²) in [4.78, 5) is 44.8. The molecule has 1 aromatic heterocycles. The summed E-state index contributed by atoms with van der Waals surface area (Å²) in [6, 6.07) is 9.60. The van der Waals surface area contributed by atoms with Crippen LogP contribution in [0, 0.1) is 5.82 Å². The van der Waals surface area contributed by atoms with Crippen LogP contribution in [-0.2, 0) is 14.3 Å². The molecule has 8 heteroatoms. The highest BCUT2D eigenvalue weighted by atomic mass is 19.1. The summed E-state index contributed by atoms with van der Waals surface area (Å²) in [5.41, 5.74) is 0.183. The summed E-state index contributed by atoms with van der Waals surface area (Å²) >= 11 is 0. The number of esters is 1. The predicted octanol–water partition coefficient (Wildman–Crippen LogP) is 2.50. The van der Waals surface area contributed by atoms with Crippen LogP contribution in [-0.4, -0.2) is 40.8 Å². The molecule has 2 amide bonds. The van der Waals surface area contributed by atoms with Crippen molar-refractivity contribution in [2.45, 2.75) is 13.8 Å². The number of carbonyl (C=O) groups excluding carboxylic acids is 3. The summed E-state index contributed by atoms with van der Waals surface area (Å²) < 4.78 is 18.5. The minimum absolute atomic E-state index is 0.00868. The second-order valence-electron chi connectivity index (χ2n) is 5.88. The smallest absolute Gasteiger partial charge is 0.362 e. The Morgan fingerprint density at radius 2 is 1.75 bits per heavy atom. The maximum absolute atomic E-state index is 13.2. The molecule has 7 nitrogen and oxygen atoms in total. The molecule has 28 heavy (non-hydrogen) atoms. The molecule has 2 heterocycles. The molecule has 0 saturated carbocycles. The van der Waals surface area contributed by atoms with E-state index in [0.29, 0.717) is 13.1 Å². The van der Waals surface area contributed by atoms with E-state index >= 15 is 0 Å². The van der Waals surface area contributed by atoms with Gasteiger partial charge in [-0.1, -0.05) is 6.07 Å². The zero-order valence-corrected chi connectivity index (χ0v) is 15.4. The maximum atomic E-state index is 13.2. The topological polar surface area (TPSA) is 79.8 Å². The van der Waals surface area contributed by atoms with E-state index in [9.17, 15) is 18.8 Å². The first-order valence-electron chi connectivity index (χ1n) is 8.74. The fourth-order valence-corrected chi connectivity index (χ4v) is 2.86. The SMILES string of the molecule is CCN(CC)C1=C(OC(=O)c2ccccn2)C(=O)N(c2ccc(F)cc2)C1=O. The Labute approximate surface area is 161 Å². The van der Waals surface area contributed by atoms with Gasteiger partial charge in [0.15, 0.2) is 5.70 Å². The summed E-state index contributed by atoms with van der Waals surface area (Å²) in [6.07, 6.45) is 1.42. The van der Waals surface area contributed by atoms with Gasteiger partial charge in [-0.05, 0) is 50.2 Å². The lowest BCUT2D eigenvalue weighted by atomic mass is 10.3. The van der Waals surface area contributed by atoms with Crippen molar-refractivity contribution in [1.82, 2.24) is 9.88 Å². The van der Waals surface area contributed by atoms with Crippen LogP contribution < -0.4 is 4.90 Å². The second-order valence-corrected chi connectivity index (χ2v) is 5.88. The Morgan fingerprint density at radius 3 is 2.32 bits per heavy atom. The van der Waals surface area contributed by atoms with E-state index in [4.69, 9.17) is 4.74 Å². The van der Waals surface area contributed by atoms with E-state index in [1.165, 1.54) is 24.4 Å². The van der Waals surface area contributed by atoms with E-state index in [0.717, 1.165) is 17.0 Å². The van der Waals surface area contributed by atoms with Crippen molar-refractivity contribution in [2.75, 3.05) is 18.0 Å². The van der Waals surface area contributed by atoms with Gasteiger partial charge in [-0.3, -0.25) is 9.59 Å². The molecule has 0 radical (unpaired) electrons. The van der Waals surface area contributed by atoms with Crippen molar-refractivity contribution < 1.29 is 23.5 Å². The van der Waals surface area contributed by atoms with Crippen molar-refractivity contribution >= 4 is 23.5 Å². The van der Waals surface area contributed by atoms with E-state index in [2.05, 4.69) is 4.98 Å². The number of hydrogen-bond donors (Lipinski definition) is 0. The number of benzene rings is 1. The molecule has 3 rings (SSSR count). The molecule has 0 aliphatic carbocycles. The molecule has 1 aromatic carbocycles. The van der Waals surface area contributed by atoms with Gasteiger partial charge in [0.1, 0.15) is 11.5 Å². The van der Waals surface area contributed by atoms with Gasteiger partial charge in [0.2, 0.25) is 5.76 Å². The van der Waals surface area contributed by atoms with E-state index in [1.807, 2.05) is 13.8 Å². The number of aromatic nitrogens is 1. The normalized spacial score (nSPS) is 13.9. The second kappa shape index (κ2) is 7.99. The third-order valence-corrected chi connectivity index (χ3v) is 4.25. The molecule has 1 aliphatic heterocycles. The molecule has 0 fully saturated rings. The van der Waals surface area contributed by atoms with E-state index in [1.54, 1.807) is 17.0 Å². The average Bonchev–Trinajstić information content (AvgIpc) is 2.95. The number of pyridine rings is 1. The van der Waals surface area contributed by atoms with E-state index in [-0.39, 0.29) is 22.8 Å². The number of ether oxygens (including phenoxy) is 1. The van der Waals surface area contributed by atoms with Gasteiger partial charge in [-0.2, -0.15) is 0 Å². The summed E-state index contributed by atoms with van der Waals surface area (Å²) in [7, 11) is 0. The third-order valence-electron chi connectivity index (χ3n) is 4.25. The largest absolute Gasteiger partial charge is 0.413 e. The van der Waals surface area contributed by atoms with Crippen LogP contribution in [0.3, 0.4) is 0 Å². The Hall–Kier alpha value is -3.55. The monoisotopic (exact) mass is 383 g/mol. The van der Waals surface area contributed by atoms with Crippen molar-refractivity contribution in [3.8, 4) is 0 Å². The quantitative estimate of drug-likeness (QED) is 0.563. The minimum atomic E-state index is -0.845. The summed E-state index contributed by atoms with van der Waals surface area (Å²) in [6.45, 7) is 4.47. The maximum Gasteiger partial charge on any atom is 0.362 e. The number of carbonyl (C=O) groups is 3. The van der Waals surface area contributed by atoms with Gasteiger partial charge < -0.3 is 9.64 Å². The fourth-order valence-electron chi connectivity index (χ4n) is 2.86. The highest BCUT2D eigenvalue weighted by Gasteiger charge is 2.44. The highest BCUT2D eigenvalue weighted by Crippen LogP contribution is 2.30. The van der Waals surface area contributed by atoms with Crippen LogP contribution in [0.25, 0.3) is 0 Å². The van der Waals surface area contributed by atoms with Gasteiger partial charge >= 0.3 is 11.9 Å². The first-order chi connectivity index (χ1) is 13.5. The van der Waals surface area contributed by atoms with Gasteiger partial charge in [0.05, 0.1) is 5.69 Å². The van der Waals surface area contributed by atoms with Gasteiger partial charge in [-0.25, -0.2) is 19.1 Å². The molecule has 0 spiro atoms. The van der Waals surface area contributed by atoms with Crippen LogP contribution in [0.5, 0.6) is 0 Å². The number of amides is 2. The summed E-state index contributed by atoms with van der Waals surface area (Å²) in [5, 5.41) is 0. The number of imide groups is 1. The molecular formula is C20H18FN3O4. The number of nitrogens with zero attached hydrogens (tertiary/aromatic N) is 3. The average molecular weight is 383 g/mol. The number of anilines is 1. The molecule has 0 atom stereocenters. The molecule has 0 saturated heterocycles. The Morgan fingerprint density at radius 1 is 1.07 bits per heavy atom. The first kappa shape index (κ1) is 19.2. The molecule has 1 aliphatic rings. The minimum Gasteiger partial charge on any atom is -0.413 e. The standard InChI is InChI=1S/C20H18FN3O4/c1-3-23(4-2)16-17(28-20(27)15-7-5-6-12-22-15)19(26)24(18(16)25)14-10-8-13(21)9-11-14/h5-12H,3-4H2,1-2H3. The number of rotatable bonds is 6. The Bertz CT molecular complexity index is 938. The van der Waals surface area contributed by atoms with E-state index < -0.39 is 23.6 Å². The summed E-state index contributed by atoms with van der Waals surface area (Å²) in [5.74, 6) is -3.13. The Kier molecular flexibility index (Phi) is 5.49. The molecule has 2 aromatic rings. The molecular weight excluding hydrogens is 365 g/mol. The predicted molar refractivity (Wildman–Crippen MR) is 98.5 cm³/mol. The van der Waals surface area contributed by atoms with Crippen molar-refractivity contribution in [2.24, 2.45) is 0 Å². The molecule has 0 N–H and O–H groups in total. The lowest BCUT2D eigenvalue weighted by molar-refractivity contribution is -0.122. The van der Waals surface area contributed by atoms with Crippen LogP contribution >= 0.6 is 0 Å². The van der Waals surface area contributed by atoms with Crippen molar-refractivity contribution in [3.05, 3.63) is 71.6 Å². The van der Waals surface area contributed by atoms with Gasteiger partial charge in [-0.15, -0.1) is 0 Å². The first-order valence-corrected chi connectivity index (χ1v) is 8.74. The number of hydrogen-bond acceptors (Lipinski definition) is 6. The molecule has 0 bridgehead atoms. The van der Waals surface area contributed by atoms with Crippen LogP contribution in [0.4, 0.5) is 10.1 Å². The molecule has 144 valence electrons.